The van der Waals surface area contributed by atoms with E-state index in [2.05, 4.69) is 20.8 Å². The van der Waals surface area contributed by atoms with Gasteiger partial charge in [-0.2, -0.15) is 4.68 Å². The van der Waals surface area contributed by atoms with E-state index in [-0.39, 0.29) is 0 Å². The predicted octanol–water partition coefficient (Wildman–Crippen LogP) is 1.53. The minimum atomic E-state index is -0.517. The summed E-state index contributed by atoms with van der Waals surface area (Å²) in [7, 11) is 1.35. The minimum absolute atomic E-state index is 0.438. The van der Waals surface area contributed by atoms with E-state index in [0.717, 1.165) is 5.56 Å². The molecule has 1 aliphatic rings. The monoisotopic (exact) mass is 315 g/mol. The lowest BCUT2D eigenvalue weighted by Gasteiger charge is -2.28. The summed E-state index contributed by atoms with van der Waals surface area (Å²) in [6.45, 7) is 4.21. The maximum atomic E-state index is 12.3. The molecule has 1 aromatic heterocycles. The quantitative estimate of drug-likeness (QED) is 0.855. The van der Waals surface area contributed by atoms with E-state index in [1.165, 1.54) is 7.11 Å². The van der Waals surface area contributed by atoms with Crippen molar-refractivity contribution >= 4 is 11.9 Å². The Morgan fingerprint density at radius 2 is 2.17 bits per heavy atom. The molecule has 0 saturated carbocycles. The summed E-state index contributed by atoms with van der Waals surface area (Å²) >= 11 is 0. The first kappa shape index (κ1) is 15.0. The van der Waals surface area contributed by atoms with Crippen LogP contribution in [0.5, 0.6) is 5.75 Å². The normalized spacial score (nSPS) is 16.6. The van der Waals surface area contributed by atoms with E-state index in [1.54, 1.807) is 11.6 Å². The fourth-order valence-electron chi connectivity index (χ4n) is 2.67. The third kappa shape index (κ3) is 2.52. The molecule has 1 aromatic carbocycles. The molecule has 120 valence electrons. The van der Waals surface area contributed by atoms with Gasteiger partial charge in [-0.25, -0.2) is 4.79 Å². The summed E-state index contributed by atoms with van der Waals surface area (Å²) in [5.41, 5.74) is 1.89. The summed E-state index contributed by atoms with van der Waals surface area (Å²) in [5.74, 6) is 0.705. The van der Waals surface area contributed by atoms with Gasteiger partial charge >= 0.3 is 5.97 Å². The molecular formula is C15H17N5O3. The van der Waals surface area contributed by atoms with Gasteiger partial charge in [0.1, 0.15) is 11.8 Å². The number of allylic oxidation sites excluding steroid dienone is 1. The van der Waals surface area contributed by atoms with Gasteiger partial charge in [0.15, 0.2) is 0 Å². The zero-order chi connectivity index (χ0) is 16.4. The van der Waals surface area contributed by atoms with Gasteiger partial charge in [0, 0.05) is 11.3 Å². The number of para-hydroxylation sites is 1. The average Bonchev–Trinajstić information content (AvgIpc) is 3.01. The molecule has 0 spiro atoms. The maximum absolute atomic E-state index is 12.3. The molecule has 0 unspecified atom stereocenters. The van der Waals surface area contributed by atoms with Crippen molar-refractivity contribution in [3.8, 4) is 5.75 Å². The molecule has 0 aliphatic carbocycles. The number of aromatic nitrogens is 4. The molecule has 2 heterocycles. The van der Waals surface area contributed by atoms with Crippen LogP contribution < -0.4 is 10.1 Å². The number of ether oxygens (including phenoxy) is 2. The highest BCUT2D eigenvalue weighted by molar-refractivity contribution is 5.92. The van der Waals surface area contributed by atoms with Crippen LogP contribution in [0, 0.1) is 0 Å². The number of carbonyl (C=O) groups excluding carboxylic acids is 1. The van der Waals surface area contributed by atoms with E-state index < -0.39 is 12.0 Å². The number of methoxy groups -OCH3 is 1. The van der Waals surface area contributed by atoms with Gasteiger partial charge in [-0.15, -0.1) is 0 Å². The standard InChI is InChI=1S/C15H17N5O3/c1-4-23-11-8-6-5-7-10(11)13-12(14(21)22-3)9(2)16-15-17-18-19-20(13)15/h5-8,13H,4H2,1-3H3,(H,16,17,19)/t13-/m0/s1. The van der Waals surface area contributed by atoms with E-state index in [0.29, 0.717) is 29.6 Å². The van der Waals surface area contributed by atoms with Crippen LogP contribution in [0.3, 0.4) is 0 Å². The fraction of sp³-hybridized carbons (Fsp3) is 0.333. The summed E-state index contributed by atoms with van der Waals surface area (Å²) in [4.78, 5) is 12.3. The first-order chi connectivity index (χ1) is 11.2. The van der Waals surface area contributed by atoms with Crippen molar-refractivity contribution in [2.45, 2.75) is 19.9 Å². The second-order valence-electron chi connectivity index (χ2n) is 4.98. The Labute approximate surface area is 133 Å². The highest BCUT2D eigenvalue weighted by atomic mass is 16.5. The number of hydrogen-bond donors (Lipinski definition) is 1. The van der Waals surface area contributed by atoms with Crippen LogP contribution in [-0.4, -0.2) is 39.9 Å². The second-order valence-corrected chi connectivity index (χ2v) is 4.98. The van der Waals surface area contributed by atoms with Gasteiger partial charge in [-0.3, -0.25) is 0 Å². The van der Waals surface area contributed by atoms with Crippen molar-refractivity contribution in [1.82, 2.24) is 20.2 Å². The summed E-state index contributed by atoms with van der Waals surface area (Å²) in [6, 6.07) is 6.99. The number of tetrazole rings is 1. The Kier molecular flexibility index (Phi) is 3.96. The lowest BCUT2D eigenvalue weighted by atomic mass is 9.95. The smallest absolute Gasteiger partial charge is 0.338 e. The third-order valence-corrected chi connectivity index (χ3v) is 3.63. The number of esters is 1. The number of benzene rings is 1. The molecule has 1 atom stereocenters. The van der Waals surface area contributed by atoms with Gasteiger partial charge in [0.25, 0.3) is 0 Å². The number of fused-ring (bicyclic) bond motifs is 1. The first-order valence-corrected chi connectivity index (χ1v) is 7.23. The van der Waals surface area contributed by atoms with E-state index in [9.17, 15) is 4.79 Å². The maximum Gasteiger partial charge on any atom is 0.338 e. The molecular weight excluding hydrogens is 298 g/mol. The lowest BCUT2D eigenvalue weighted by molar-refractivity contribution is -0.136. The Morgan fingerprint density at radius 3 is 2.91 bits per heavy atom. The van der Waals surface area contributed by atoms with Crippen LogP contribution in [0.25, 0.3) is 0 Å². The molecule has 1 N–H and O–H groups in total. The van der Waals surface area contributed by atoms with Crippen LogP contribution in [-0.2, 0) is 9.53 Å². The van der Waals surface area contributed by atoms with Crippen LogP contribution >= 0.6 is 0 Å². The van der Waals surface area contributed by atoms with Gasteiger partial charge in [0.05, 0.1) is 19.3 Å². The number of nitrogens with zero attached hydrogens (tertiary/aromatic N) is 4. The zero-order valence-electron chi connectivity index (χ0n) is 13.1. The summed E-state index contributed by atoms with van der Waals surface area (Å²) in [6.07, 6.45) is 0. The van der Waals surface area contributed by atoms with Crippen molar-refractivity contribution in [2.75, 3.05) is 19.0 Å². The number of hydrogen-bond acceptors (Lipinski definition) is 7. The van der Waals surface area contributed by atoms with Crippen molar-refractivity contribution in [3.05, 3.63) is 41.1 Å². The Hall–Kier alpha value is -2.90. The molecule has 0 saturated heterocycles. The predicted molar refractivity (Wildman–Crippen MR) is 81.9 cm³/mol. The summed E-state index contributed by atoms with van der Waals surface area (Å²) < 4.78 is 12.2. The van der Waals surface area contributed by atoms with Crippen LogP contribution in [0.4, 0.5) is 5.95 Å². The molecule has 1 aliphatic heterocycles. The molecule has 0 radical (unpaired) electrons. The van der Waals surface area contributed by atoms with Gasteiger partial charge in [0.2, 0.25) is 5.95 Å². The molecule has 0 amide bonds. The van der Waals surface area contributed by atoms with Crippen LogP contribution in [0.15, 0.2) is 35.5 Å². The molecule has 8 nitrogen and oxygen atoms in total. The number of nitrogens with one attached hydrogen (secondary N) is 1. The Morgan fingerprint density at radius 1 is 1.39 bits per heavy atom. The zero-order valence-corrected chi connectivity index (χ0v) is 13.1. The van der Waals surface area contributed by atoms with E-state index in [1.807, 2.05) is 31.2 Å². The topological polar surface area (TPSA) is 91.2 Å². The van der Waals surface area contributed by atoms with Crippen LogP contribution in [0.1, 0.15) is 25.5 Å². The molecule has 0 bridgehead atoms. The molecule has 0 fully saturated rings. The summed E-state index contributed by atoms with van der Waals surface area (Å²) in [5, 5.41) is 14.7. The van der Waals surface area contributed by atoms with E-state index >= 15 is 0 Å². The Bertz CT molecular complexity index is 768. The van der Waals surface area contributed by atoms with Gasteiger partial charge < -0.3 is 14.8 Å². The Balaban J connectivity index is 2.20. The molecule has 2 aromatic rings. The average molecular weight is 315 g/mol. The van der Waals surface area contributed by atoms with Crippen molar-refractivity contribution in [3.63, 3.8) is 0 Å². The molecule has 23 heavy (non-hydrogen) atoms. The number of carbonyl (C=O) groups is 1. The van der Waals surface area contributed by atoms with Crippen molar-refractivity contribution in [1.29, 1.82) is 0 Å². The van der Waals surface area contributed by atoms with E-state index in [4.69, 9.17) is 9.47 Å². The van der Waals surface area contributed by atoms with Crippen LogP contribution in [0.2, 0.25) is 0 Å². The minimum Gasteiger partial charge on any atom is -0.494 e. The molecule has 3 rings (SSSR count). The lowest BCUT2D eigenvalue weighted by Crippen LogP contribution is -2.29. The number of anilines is 1. The highest BCUT2D eigenvalue weighted by Gasteiger charge is 2.36. The highest BCUT2D eigenvalue weighted by Crippen LogP contribution is 2.38. The number of rotatable bonds is 4. The second kappa shape index (κ2) is 6.07. The van der Waals surface area contributed by atoms with Crippen molar-refractivity contribution in [2.24, 2.45) is 0 Å². The van der Waals surface area contributed by atoms with Gasteiger partial charge in [-0.1, -0.05) is 23.3 Å². The third-order valence-electron chi connectivity index (χ3n) is 3.63. The van der Waals surface area contributed by atoms with Crippen molar-refractivity contribution < 1.29 is 14.3 Å². The molecule has 8 heteroatoms. The first-order valence-electron chi connectivity index (χ1n) is 7.23. The largest absolute Gasteiger partial charge is 0.494 e. The van der Waals surface area contributed by atoms with Gasteiger partial charge in [-0.05, 0) is 30.3 Å². The SMILES string of the molecule is CCOc1ccccc1[C@H]1C(C(=O)OC)=C(C)Nc2nnnn21. The fourth-order valence-corrected chi connectivity index (χ4v) is 2.67.